The van der Waals surface area contributed by atoms with Crippen LogP contribution in [0.5, 0.6) is 0 Å². The Morgan fingerprint density at radius 2 is 1.82 bits per heavy atom. The van der Waals surface area contributed by atoms with Gasteiger partial charge in [0, 0.05) is 12.8 Å². The maximum Gasteiger partial charge on any atom is 0.0422 e. The minimum absolute atomic E-state index is 0.579. The quantitative estimate of drug-likeness (QED) is 0.294. The van der Waals surface area contributed by atoms with Gasteiger partial charge in [-0.1, -0.05) is 52.2 Å². The van der Waals surface area contributed by atoms with Crippen LogP contribution in [-0.4, -0.2) is 12.8 Å². The van der Waals surface area contributed by atoms with E-state index in [4.69, 9.17) is 0 Å². The lowest BCUT2D eigenvalue weighted by Crippen LogP contribution is -1.90. The summed E-state index contributed by atoms with van der Waals surface area (Å²) in [5.41, 5.74) is 1.50. The van der Waals surface area contributed by atoms with Crippen molar-refractivity contribution in [1.82, 2.24) is 0 Å². The lowest BCUT2D eigenvalue weighted by molar-refractivity contribution is 0.540. The Bertz CT molecular complexity index is 224. The Hall–Kier alpha value is -0.590. The molecule has 0 aromatic rings. The first kappa shape index (κ1) is 16.4. The van der Waals surface area contributed by atoms with Crippen LogP contribution < -0.4 is 0 Å². The summed E-state index contributed by atoms with van der Waals surface area (Å²) >= 11 is 0. The highest BCUT2D eigenvalue weighted by atomic mass is 14.7. The topological polar surface area (TPSA) is 12.4 Å². The van der Waals surface area contributed by atoms with Crippen molar-refractivity contribution in [2.24, 2.45) is 16.8 Å². The number of hydrogen-bond acceptors (Lipinski definition) is 1. The summed E-state index contributed by atoms with van der Waals surface area (Å²) in [4.78, 5) is 4.41. The summed E-state index contributed by atoms with van der Waals surface area (Å²) in [7, 11) is 0. The van der Waals surface area contributed by atoms with Crippen LogP contribution in [0.15, 0.2) is 16.6 Å². The smallest absolute Gasteiger partial charge is 0.0422 e. The van der Waals surface area contributed by atoms with Crippen LogP contribution in [0.1, 0.15) is 66.7 Å². The highest BCUT2D eigenvalue weighted by molar-refractivity contribution is 5.59. The summed E-state index contributed by atoms with van der Waals surface area (Å²) in [6, 6.07) is 0. The molecule has 0 saturated heterocycles. The number of aliphatic imine (C=N–C) groups is 1. The van der Waals surface area contributed by atoms with Gasteiger partial charge in [0.25, 0.3) is 0 Å². The first-order chi connectivity index (χ1) is 8.02. The number of hydrogen-bond donors (Lipinski definition) is 0. The molecule has 0 aromatic carbocycles. The molecule has 0 spiro atoms. The Morgan fingerprint density at radius 3 is 2.41 bits per heavy atom. The molecule has 1 nitrogen and oxygen atoms in total. The van der Waals surface area contributed by atoms with Gasteiger partial charge in [-0.2, -0.15) is 0 Å². The first-order valence-corrected chi connectivity index (χ1v) is 7.18. The molecular formula is C16H31N. The molecular weight excluding hydrogens is 206 g/mol. The van der Waals surface area contributed by atoms with Gasteiger partial charge in [-0.3, -0.25) is 4.99 Å². The summed E-state index contributed by atoms with van der Waals surface area (Å²) in [6.07, 6.45) is 10.9. The van der Waals surface area contributed by atoms with Gasteiger partial charge < -0.3 is 0 Å². The van der Waals surface area contributed by atoms with E-state index in [-0.39, 0.29) is 0 Å². The van der Waals surface area contributed by atoms with Gasteiger partial charge in [-0.15, -0.1) is 0 Å². The third-order valence-corrected chi connectivity index (χ3v) is 2.77. The molecule has 0 radical (unpaired) electrons. The fourth-order valence-corrected chi connectivity index (χ4v) is 1.67. The average molecular weight is 237 g/mol. The molecule has 17 heavy (non-hydrogen) atoms. The second-order valence-corrected chi connectivity index (χ2v) is 5.78. The second-order valence-electron chi connectivity index (χ2n) is 5.78. The van der Waals surface area contributed by atoms with Crippen molar-refractivity contribution >= 4 is 6.21 Å². The van der Waals surface area contributed by atoms with E-state index in [9.17, 15) is 0 Å². The fourth-order valence-electron chi connectivity index (χ4n) is 1.67. The molecule has 1 heteroatoms. The van der Waals surface area contributed by atoms with Gasteiger partial charge in [0.2, 0.25) is 0 Å². The van der Waals surface area contributed by atoms with Crippen LogP contribution in [0.3, 0.4) is 0 Å². The Balaban J connectivity index is 3.51. The lowest BCUT2D eigenvalue weighted by atomic mass is 10.0. The van der Waals surface area contributed by atoms with Crippen LogP contribution >= 0.6 is 0 Å². The number of unbranched alkanes of at least 4 members (excludes halogenated alkanes) is 2. The fraction of sp³-hybridized carbons (Fsp3) is 0.812. The minimum Gasteiger partial charge on any atom is -0.297 e. The van der Waals surface area contributed by atoms with E-state index in [0.29, 0.717) is 5.92 Å². The Kier molecular flexibility index (Phi) is 10.2. The van der Waals surface area contributed by atoms with Gasteiger partial charge in [0.15, 0.2) is 0 Å². The molecule has 0 N–H and O–H groups in total. The van der Waals surface area contributed by atoms with E-state index >= 15 is 0 Å². The zero-order valence-corrected chi connectivity index (χ0v) is 12.5. The molecule has 0 unspecified atom stereocenters. The van der Waals surface area contributed by atoms with Gasteiger partial charge in [0.1, 0.15) is 0 Å². The number of rotatable bonds is 9. The summed E-state index contributed by atoms with van der Waals surface area (Å²) in [5.74, 6) is 1.43. The number of nitrogens with zero attached hydrogens (tertiary/aromatic N) is 1. The van der Waals surface area contributed by atoms with E-state index in [0.717, 1.165) is 18.9 Å². The van der Waals surface area contributed by atoms with Crippen LogP contribution in [0.25, 0.3) is 0 Å². The average Bonchev–Trinajstić information content (AvgIpc) is 2.23. The molecule has 0 rings (SSSR count). The van der Waals surface area contributed by atoms with E-state index in [1.807, 2.05) is 0 Å². The molecule has 0 aliphatic rings. The molecule has 0 heterocycles. The number of allylic oxidation sites excluding steroid dienone is 1. The highest BCUT2D eigenvalue weighted by Crippen LogP contribution is 2.10. The Morgan fingerprint density at radius 1 is 1.12 bits per heavy atom. The zero-order valence-electron chi connectivity index (χ0n) is 12.5. The SMILES string of the molecule is CC(=CCCCCC(C)C)CCN=CC(C)C. The van der Waals surface area contributed by atoms with Crippen LogP contribution in [-0.2, 0) is 0 Å². The maximum atomic E-state index is 4.41. The van der Waals surface area contributed by atoms with E-state index in [2.05, 4.69) is 51.9 Å². The van der Waals surface area contributed by atoms with Crippen LogP contribution in [0.2, 0.25) is 0 Å². The third-order valence-electron chi connectivity index (χ3n) is 2.77. The molecule has 0 aliphatic heterocycles. The first-order valence-electron chi connectivity index (χ1n) is 7.18. The predicted molar refractivity (Wildman–Crippen MR) is 79.9 cm³/mol. The normalized spacial score (nSPS) is 13.2. The molecule has 0 atom stereocenters. The molecule has 100 valence electrons. The third kappa shape index (κ3) is 13.3. The summed E-state index contributed by atoms with van der Waals surface area (Å²) in [6.45, 7) is 12.1. The van der Waals surface area contributed by atoms with E-state index in [1.54, 1.807) is 0 Å². The van der Waals surface area contributed by atoms with Crippen molar-refractivity contribution < 1.29 is 0 Å². The van der Waals surface area contributed by atoms with Crippen molar-refractivity contribution in [2.75, 3.05) is 6.54 Å². The highest BCUT2D eigenvalue weighted by Gasteiger charge is 1.94. The predicted octanol–water partition coefficient (Wildman–Crippen LogP) is 5.27. The van der Waals surface area contributed by atoms with Crippen molar-refractivity contribution in [2.45, 2.75) is 66.7 Å². The summed E-state index contributed by atoms with van der Waals surface area (Å²) in [5, 5.41) is 0. The lowest BCUT2D eigenvalue weighted by Gasteiger charge is -2.03. The van der Waals surface area contributed by atoms with E-state index < -0.39 is 0 Å². The van der Waals surface area contributed by atoms with Crippen molar-refractivity contribution in [3.05, 3.63) is 11.6 Å². The van der Waals surface area contributed by atoms with Crippen LogP contribution in [0, 0.1) is 11.8 Å². The molecule has 0 aliphatic carbocycles. The summed E-state index contributed by atoms with van der Waals surface area (Å²) < 4.78 is 0. The minimum atomic E-state index is 0.579. The van der Waals surface area contributed by atoms with Crippen molar-refractivity contribution in [3.8, 4) is 0 Å². The molecule has 0 saturated carbocycles. The molecule has 0 bridgehead atoms. The second kappa shape index (κ2) is 10.6. The standard InChI is InChI=1S/C16H31N/c1-14(2)9-7-6-8-10-16(5)11-12-17-13-15(3)4/h10,13-15H,6-9,11-12H2,1-5H3. The van der Waals surface area contributed by atoms with Gasteiger partial charge in [0.05, 0.1) is 0 Å². The molecule has 0 fully saturated rings. The van der Waals surface area contributed by atoms with Crippen LogP contribution in [0.4, 0.5) is 0 Å². The van der Waals surface area contributed by atoms with Gasteiger partial charge >= 0.3 is 0 Å². The van der Waals surface area contributed by atoms with Gasteiger partial charge in [-0.05, 0) is 38.0 Å². The maximum absolute atomic E-state index is 4.41. The molecule has 0 aromatic heterocycles. The van der Waals surface area contributed by atoms with Crippen molar-refractivity contribution in [3.63, 3.8) is 0 Å². The molecule has 0 amide bonds. The Labute approximate surface area is 108 Å². The zero-order chi connectivity index (χ0) is 13.1. The van der Waals surface area contributed by atoms with Gasteiger partial charge in [-0.25, -0.2) is 0 Å². The monoisotopic (exact) mass is 237 g/mol. The van der Waals surface area contributed by atoms with E-state index in [1.165, 1.54) is 31.3 Å². The van der Waals surface area contributed by atoms with Crippen molar-refractivity contribution in [1.29, 1.82) is 0 Å². The largest absolute Gasteiger partial charge is 0.297 e.